The van der Waals surface area contributed by atoms with E-state index in [4.69, 9.17) is 9.47 Å². The first-order valence-corrected chi connectivity index (χ1v) is 7.18. The third kappa shape index (κ3) is 4.75. The van der Waals surface area contributed by atoms with E-state index in [9.17, 15) is 0 Å². The normalized spacial score (nSPS) is 11.1. The van der Waals surface area contributed by atoms with Crippen LogP contribution in [0.1, 0.15) is 46.1 Å². The van der Waals surface area contributed by atoms with E-state index in [2.05, 4.69) is 39.1 Å². The van der Waals surface area contributed by atoms with Gasteiger partial charge in [0, 0.05) is 18.2 Å². The van der Waals surface area contributed by atoms with E-state index in [-0.39, 0.29) is 6.10 Å². The van der Waals surface area contributed by atoms with Crippen LogP contribution in [0.2, 0.25) is 0 Å². The lowest BCUT2D eigenvalue weighted by molar-refractivity contribution is 0.182. The van der Waals surface area contributed by atoms with Gasteiger partial charge in [-0.1, -0.05) is 39.8 Å². The summed E-state index contributed by atoms with van der Waals surface area (Å²) < 4.78 is 11.6. The van der Waals surface area contributed by atoms with Gasteiger partial charge >= 0.3 is 0 Å². The van der Waals surface area contributed by atoms with Crippen molar-refractivity contribution in [2.24, 2.45) is 0 Å². The van der Waals surface area contributed by atoms with E-state index < -0.39 is 0 Å². The molecule has 19 heavy (non-hydrogen) atoms. The maximum atomic E-state index is 6.13. The Morgan fingerprint density at radius 3 is 2.37 bits per heavy atom. The molecule has 1 aromatic carbocycles. The van der Waals surface area contributed by atoms with E-state index in [0.29, 0.717) is 6.04 Å². The first kappa shape index (κ1) is 15.8. The van der Waals surface area contributed by atoms with Gasteiger partial charge in [-0.25, -0.2) is 0 Å². The predicted molar refractivity (Wildman–Crippen MR) is 80.0 cm³/mol. The molecule has 3 heteroatoms. The first-order chi connectivity index (χ1) is 9.12. The highest BCUT2D eigenvalue weighted by molar-refractivity contribution is 5.46. The highest BCUT2D eigenvalue weighted by Crippen LogP contribution is 2.32. The molecule has 0 unspecified atom stereocenters. The van der Waals surface area contributed by atoms with Crippen molar-refractivity contribution in [2.75, 3.05) is 7.11 Å². The molecule has 0 heterocycles. The molecule has 0 aliphatic carbocycles. The number of ether oxygens (including phenoxy) is 2. The zero-order chi connectivity index (χ0) is 14.3. The van der Waals surface area contributed by atoms with Crippen LogP contribution in [0.3, 0.4) is 0 Å². The van der Waals surface area contributed by atoms with Crippen LogP contribution >= 0.6 is 0 Å². The Balaban J connectivity index is 2.95. The Morgan fingerprint density at radius 1 is 1.16 bits per heavy atom. The van der Waals surface area contributed by atoms with Gasteiger partial charge in [0.1, 0.15) is 0 Å². The van der Waals surface area contributed by atoms with Crippen LogP contribution in [0.15, 0.2) is 18.2 Å². The van der Waals surface area contributed by atoms with Gasteiger partial charge in [0.05, 0.1) is 13.2 Å². The molecule has 1 aromatic rings. The Kier molecular flexibility index (Phi) is 6.71. The molecule has 0 saturated heterocycles. The zero-order valence-corrected chi connectivity index (χ0v) is 12.8. The van der Waals surface area contributed by atoms with Crippen LogP contribution < -0.4 is 14.8 Å². The van der Waals surface area contributed by atoms with Crippen LogP contribution in [-0.2, 0) is 6.54 Å². The molecule has 0 amide bonds. The summed E-state index contributed by atoms with van der Waals surface area (Å²) in [6.45, 7) is 9.37. The van der Waals surface area contributed by atoms with E-state index in [1.165, 1.54) is 0 Å². The SMILES string of the molecule is CCC(CC)Oc1c(CNC(C)C)cccc1OC. The minimum atomic E-state index is 0.245. The number of benzene rings is 1. The quantitative estimate of drug-likeness (QED) is 0.776. The molecule has 1 N–H and O–H groups in total. The molecular formula is C16H27NO2. The smallest absolute Gasteiger partial charge is 0.166 e. The minimum absolute atomic E-state index is 0.245. The molecule has 1 rings (SSSR count). The summed E-state index contributed by atoms with van der Waals surface area (Å²) in [4.78, 5) is 0. The molecule has 0 spiro atoms. The number of hydrogen-bond acceptors (Lipinski definition) is 3. The fourth-order valence-corrected chi connectivity index (χ4v) is 1.93. The first-order valence-electron chi connectivity index (χ1n) is 7.18. The van der Waals surface area contributed by atoms with Crippen LogP contribution in [0.4, 0.5) is 0 Å². The molecule has 0 radical (unpaired) electrons. The van der Waals surface area contributed by atoms with Crippen molar-refractivity contribution in [1.29, 1.82) is 0 Å². The summed E-state index contributed by atoms with van der Waals surface area (Å²) in [5.74, 6) is 1.70. The van der Waals surface area contributed by atoms with Crippen molar-refractivity contribution in [2.45, 2.75) is 59.2 Å². The molecule has 0 aliphatic heterocycles. The van der Waals surface area contributed by atoms with E-state index in [0.717, 1.165) is 36.4 Å². The Labute approximate surface area is 117 Å². The van der Waals surface area contributed by atoms with Gasteiger partial charge in [-0.2, -0.15) is 0 Å². The monoisotopic (exact) mass is 265 g/mol. The van der Waals surface area contributed by atoms with Crippen molar-refractivity contribution in [3.05, 3.63) is 23.8 Å². The molecule has 0 aliphatic rings. The fraction of sp³-hybridized carbons (Fsp3) is 0.625. The van der Waals surface area contributed by atoms with Gasteiger partial charge in [-0.05, 0) is 18.9 Å². The highest BCUT2D eigenvalue weighted by Gasteiger charge is 2.14. The van der Waals surface area contributed by atoms with E-state index in [1.54, 1.807) is 7.11 Å². The lowest BCUT2D eigenvalue weighted by Gasteiger charge is -2.21. The third-order valence-corrected chi connectivity index (χ3v) is 3.18. The van der Waals surface area contributed by atoms with Gasteiger partial charge in [-0.3, -0.25) is 0 Å². The summed E-state index contributed by atoms with van der Waals surface area (Å²) in [5, 5.41) is 3.43. The minimum Gasteiger partial charge on any atom is -0.493 e. The average molecular weight is 265 g/mol. The molecular weight excluding hydrogens is 238 g/mol. The molecule has 0 fully saturated rings. The molecule has 108 valence electrons. The second kappa shape index (κ2) is 8.05. The van der Waals surface area contributed by atoms with Crippen molar-refractivity contribution in [3.8, 4) is 11.5 Å². The van der Waals surface area contributed by atoms with Gasteiger partial charge in [0.15, 0.2) is 11.5 Å². The Morgan fingerprint density at radius 2 is 1.84 bits per heavy atom. The molecule has 3 nitrogen and oxygen atoms in total. The van der Waals surface area contributed by atoms with Crippen LogP contribution in [0, 0.1) is 0 Å². The summed E-state index contributed by atoms with van der Waals surface area (Å²) in [6.07, 6.45) is 2.26. The number of nitrogens with one attached hydrogen (secondary N) is 1. The average Bonchev–Trinajstić information content (AvgIpc) is 2.42. The van der Waals surface area contributed by atoms with Gasteiger partial charge in [-0.15, -0.1) is 0 Å². The predicted octanol–water partition coefficient (Wildman–Crippen LogP) is 3.76. The zero-order valence-electron chi connectivity index (χ0n) is 12.8. The van der Waals surface area contributed by atoms with Crippen molar-refractivity contribution in [3.63, 3.8) is 0 Å². The number of rotatable bonds is 8. The van der Waals surface area contributed by atoms with Gasteiger partial charge in [0.2, 0.25) is 0 Å². The third-order valence-electron chi connectivity index (χ3n) is 3.18. The number of para-hydroxylation sites is 1. The Bertz CT molecular complexity index is 373. The largest absolute Gasteiger partial charge is 0.493 e. The van der Waals surface area contributed by atoms with E-state index >= 15 is 0 Å². The summed E-state index contributed by atoms with van der Waals surface area (Å²) in [5.41, 5.74) is 1.15. The van der Waals surface area contributed by atoms with E-state index in [1.807, 2.05) is 12.1 Å². The molecule has 0 bridgehead atoms. The van der Waals surface area contributed by atoms with Crippen molar-refractivity contribution in [1.82, 2.24) is 5.32 Å². The summed E-state index contributed by atoms with van der Waals surface area (Å²) >= 11 is 0. The molecule has 0 aromatic heterocycles. The van der Waals surface area contributed by atoms with Crippen LogP contribution in [-0.4, -0.2) is 19.3 Å². The highest BCUT2D eigenvalue weighted by atomic mass is 16.5. The summed E-state index contributed by atoms with van der Waals surface area (Å²) in [7, 11) is 1.69. The lowest BCUT2D eigenvalue weighted by Crippen LogP contribution is -2.23. The van der Waals surface area contributed by atoms with Crippen LogP contribution in [0.25, 0.3) is 0 Å². The number of hydrogen-bond donors (Lipinski definition) is 1. The lowest BCUT2D eigenvalue weighted by atomic mass is 10.1. The summed E-state index contributed by atoms with van der Waals surface area (Å²) in [6, 6.07) is 6.51. The second-order valence-electron chi connectivity index (χ2n) is 5.04. The van der Waals surface area contributed by atoms with Crippen LogP contribution in [0.5, 0.6) is 11.5 Å². The van der Waals surface area contributed by atoms with Gasteiger partial charge in [0.25, 0.3) is 0 Å². The standard InChI is InChI=1S/C16H27NO2/c1-6-14(7-2)19-16-13(11-17-12(3)4)9-8-10-15(16)18-5/h8-10,12,14,17H,6-7,11H2,1-5H3. The molecule has 0 saturated carbocycles. The second-order valence-corrected chi connectivity index (χ2v) is 5.04. The van der Waals surface area contributed by atoms with Gasteiger partial charge < -0.3 is 14.8 Å². The van der Waals surface area contributed by atoms with Crippen molar-refractivity contribution < 1.29 is 9.47 Å². The van der Waals surface area contributed by atoms with Crippen molar-refractivity contribution >= 4 is 0 Å². The Hall–Kier alpha value is -1.22. The fourth-order valence-electron chi connectivity index (χ4n) is 1.93. The molecule has 0 atom stereocenters. The topological polar surface area (TPSA) is 30.5 Å². The maximum absolute atomic E-state index is 6.13. The number of methoxy groups -OCH3 is 1. The maximum Gasteiger partial charge on any atom is 0.166 e.